The number of ether oxygens (including phenoxy) is 1. The summed E-state index contributed by atoms with van der Waals surface area (Å²) >= 11 is 2.96. The molecule has 1 aromatic rings. The van der Waals surface area contributed by atoms with E-state index in [0.717, 1.165) is 0 Å². The highest BCUT2D eigenvalue weighted by Gasteiger charge is 2.30. The van der Waals surface area contributed by atoms with Crippen LogP contribution in [0.1, 0.15) is 6.92 Å². The lowest BCUT2D eigenvalue weighted by molar-refractivity contribution is -0.125. The van der Waals surface area contributed by atoms with E-state index >= 15 is 0 Å². The minimum absolute atomic E-state index is 0.0798. The first-order valence-electron chi connectivity index (χ1n) is 4.31. The molecule has 4 nitrogen and oxygen atoms in total. The Hall–Kier alpha value is -1.17. The van der Waals surface area contributed by atoms with Gasteiger partial charge in [0.05, 0.1) is 0 Å². The number of hydrogen-bond donors (Lipinski definition) is 0. The van der Waals surface area contributed by atoms with Crippen LogP contribution in [-0.2, 0) is 4.79 Å². The van der Waals surface area contributed by atoms with E-state index in [0.29, 0.717) is 5.69 Å². The summed E-state index contributed by atoms with van der Waals surface area (Å²) in [4.78, 5) is 16.7. The number of fused-ring (bicyclic) bond motifs is 1. The van der Waals surface area contributed by atoms with Crippen LogP contribution < -0.4 is 9.64 Å². The van der Waals surface area contributed by atoms with Crippen LogP contribution in [0.4, 0.5) is 10.1 Å². The maximum atomic E-state index is 13.2. The molecule has 0 saturated carbocycles. The topological polar surface area (TPSA) is 42.4 Å². The van der Waals surface area contributed by atoms with Crippen LogP contribution in [0.5, 0.6) is 5.88 Å². The van der Waals surface area contributed by atoms with Gasteiger partial charge in [-0.1, -0.05) is 0 Å². The van der Waals surface area contributed by atoms with E-state index in [4.69, 9.17) is 4.74 Å². The quantitative estimate of drug-likeness (QED) is 0.677. The van der Waals surface area contributed by atoms with Crippen LogP contribution in [0.3, 0.4) is 0 Å². The highest BCUT2D eigenvalue weighted by molar-refractivity contribution is 9.10. The van der Waals surface area contributed by atoms with Crippen molar-refractivity contribution in [1.29, 1.82) is 0 Å². The van der Waals surface area contributed by atoms with E-state index in [-0.39, 0.29) is 16.4 Å². The number of hydrogen-bond acceptors (Lipinski definition) is 3. The zero-order valence-corrected chi connectivity index (χ0v) is 9.71. The van der Waals surface area contributed by atoms with E-state index in [1.165, 1.54) is 11.0 Å². The Morgan fingerprint density at radius 2 is 2.33 bits per heavy atom. The molecule has 1 aromatic heterocycles. The van der Waals surface area contributed by atoms with Crippen molar-refractivity contribution in [2.75, 3.05) is 11.9 Å². The van der Waals surface area contributed by atoms with E-state index in [1.807, 2.05) is 0 Å². The second kappa shape index (κ2) is 3.44. The van der Waals surface area contributed by atoms with Gasteiger partial charge in [-0.3, -0.25) is 4.79 Å². The van der Waals surface area contributed by atoms with Gasteiger partial charge in [-0.05, 0) is 22.9 Å². The molecular weight excluding hydrogens is 267 g/mol. The number of amides is 1. The Labute approximate surface area is 94.2 Å². The Balaban J connectivity index is 2.56. The molecule has 0 aliphatic carbocycles. The van der Waals surface area contributed by atoms with Crippen LogP contribution in [0.25, 0.3) is 0 Å². The summed E-state index contributed by atoms with van der Waals surface area (Å²) in [7, 11) is 1.56. The molecule has 0 spiro atoms. The van der Waals surface area contributed by atoms with Gasteiger partial charge in [0, 0.05) is 13.1 Å². The van der Waals surface area contributed by atoms with E-state index < -0.39 is 11.9 Å². The highest BCUT2D eigenvalue weighted by Crippen LogP contribution is 2.33. The first-order valence-corrected chi connectivity index (χ1v) is 5.10. The number of aromatic nitrogens is 1. The zero-order chi connectivity index (χ0) is 11.2. The van der Waals surface area contributed by atoms with Gasteiger partial charge in [0.2, 0.25) is 5.88 Å². The van der Waals surface area contributed by atoms with Gasteiger partial charge in [-0.25, -0.2) is 9.37 Å². The van der Waals surface area contributed by atoms with Crippen LogP contribution in [-0.4, -0.2) is 24.0 Å². The lowest BCUT2D eigenvalue weighted by Gasteiger charge is -2.29. The minimum atomic E-state index is -0.590. The van der Waals surface area contributed by atoms with Gasteiger partial charge >= 0.3 is 0 Å². The van der Waals surface area contributed by atoms with E-state index in [2.05, 4.69) is 20.9 Å². The third-order valence-corrected chi connectivity index (χ3v) is 2.76. The van der Waals surface area contributed by atoms with Crippen molar-refractivity contribution in [1.82, 2.24) is 4.98 Å². The van der Waals surface area contributed by atoms with Gasteiger partial charge in [0.1, 0.15) is 10.3 Å². The van der Waals surface area contributed by atoms with Crippen LogP contribution in [0.2, 0.25) is 0 Å². The van der Waals surface area contributed by atoms with E-state index in [1.54, 1.807) is 14.0 Å². The fourth-order valence-electron chi connectivity index (χ4n) is 1.38. The predicted octanol–water partition coefficient (Wildman–Crippen LogP) is 1.73. The fraction of sp³-hybridized carbons (Fsp3) is 0.333. The molecule has 0 radical (unpaired) electrons. The molecule has 15 heavy (non-hydrogen) atoms. The summed E-state index contributed by atoms with van der Waals surface area (Å²) in [6.45, 7) is 1.63. The molecule has 1 atom stereocenters. The molecule has 2 heterocycles. The molecule has 0 bridgehead atoms. The number of halogens is 2. The van der Waals surface area contributed by atoms with Crippen molar-refractivity contribution in [3.05, 3.63) is 16.5 Å². The molecule has 1 aliphatic rings. The second-order valence-corrected chi connectivity index (χ2v) is 3.99. The molecular formula is C9H8BrFN2O2. The average molecular weight is 275 g/mol. The van der Waals surface area contributed by atoms with Crippen molar-refractivity contribution >= 4 is 27.5 Å². The highest BCUT2D eigenvalue weighted by atomic mass is 79.9. The third-order valence-electron chi connectivity index (χ3n) is 2.21. The van der Waals surface area contributed by atoms with Gasteiger partial charge in [-0.15, -0.1) is 0 Å². The molecule has 80 valence electrons. The molecule has 6 heteroatoms. The Morgan fingerprint density at radius 1 is 1.67 bits per heavy atom. The fourth-order valence-corrected chi connectivity index (χ4v) is 1.65. The normalized spacial score (nSPS) is 19.9. The number of carbonyl (C=O) groups excluding carboxylic acids is 1. The van der Waals surface area contributed by atoms with Crippen molar-refractivity contribution in [3.63, 3.8) is 0 Å². The number of nitrogens with zero attached hydrogens (tertiary/aromatic N) is 2. The number of pyridine rings is 1. The zero-order valence-electron chi connectivity index (χ0n) is 8.12. The molecule has 0 N–H and O–H groups in total. The van der Waals surface area contributed by atoms with Crippen molar-refractivity contribution in [3.8, 4) is 5.88 Å². The largest absolute Gasteiger partial charge is 0.463 e. The molecule has 1 aliphatic heterocycles. The Kier molecular flexibility index (Phi) is 2.38. The van der Waals surface area contributed by atoms with Crippen LogP contribution >= 0.6 is 15.9 Å². The van der Waals surface area contributed by atoms with Crippen LogP contribution in [0.15, 0.2) is 10.7 Å². The molecule has 1 amide bonds. The molecule has 1 unspecified atom stereocenters. The van der Waals surface area contributed by atoms with Crippen molar-refractivity contribution in [2.45, 2.75) is 13.0 Å². The first-order chi connectivity index (χ1) is 7.00. The lowest BCUT2D eigenvalue weighted by atomic mass is 10.2. The summed E-state index contributed by atoms with van der Waals surface area (Å²) in [5.41, 5.74) is 0.346. The third kappa shape index (κ3) is 1.58. The van der Waals surface area contributed by atoms with Gasteiger partial charge in [-0.2, -0.15) is 0 Å². The van der Waals surface area contributed by atoms with Gasteiger partial charge in [0.25, 0.3) is 5.91 Å². The van der Waals surface area contributed by atoms with E-state index in [9.17, 15) is 9.18 Å². The van der Waals surface area contributed by atoms with Crippen molar-refractivity contribution in [2.24, 2.45) is 0 Å². The van der Waals surface area contributed by atoms with Crippen molar-refractivity contribution < 1.29 is 13.9 Å². The number of carbonyl (C=O) groups is 1. The molecule has 0 fully saturated rings. The first kappa shape index (κ1) is 10.4. The summed E-state index contributed by atoms with van der Waals surface area (Å²) in [6, 6.07) is 1.22. The Morgan fingerprint density at radius 3 is 3.00 bits per heavy atom. The summed E-state index contributed by atoms with van der Waals surface area (Å²) in [5, 5.41) is 0. The number of likely N-dealkylation sites (N-methyl/N-ethyl adjacent to an activating group) is 1. The van der Waals surface area contributed by atoms with Gasteiger partial charge in [0.15, 0.2) is 11.9 Å². The SMILES string of the molecule is CC1Oc2nc(Br)c(F)cc2N(C)C1=O. The minimum Gasteiger partial charge on any atom is -0.463 e. The smallest absolute Gasteiger partial charge is 0.267 e. The molecule has 2 rings (SSSR count). The summed E-state index contributed by atoms with van der Waals surface area (Å²) < 4.78 is 18.5. The number of anilines is 1. The monoisotopic (exact) mass is 274 g/mol. The summed E-state index contributed by atoms with van der Waals surface area (Å²) in [5.74, 6) is -0.476. The average Bonchev–Trinajstić information content (AvgIpc) is 2.19. The summed E-state index contributed by atoms with van der Waals surface area (Å²) in [6.07, 6.45) is -0.590. The maximum Gasteiger partial charge on any atom is 0.267 e. The lowest BCUT2D eigenvalue weighted by Crippen LogP contribution is -2.42. The standard InChI is InChI=1S/C9H8BrFN2O2/c1-4-9(14)13(2)6-3-5(11)7(10)12-8(6)15-4/h3-4H,1-2H3. The molecule has 0 saturated heterocycles. The van der Waals surface area contributed by atoms with Crippen LogP contribution in [0, 0.1) is 5.82 Å². The van der Waals surface area contributed by atoms with Gasteiger partial charge < -0.3 is 9.64 Å². The predicted molar refractivity (Wildman–Crippen MR) is 55.4 cm³/mol. The maximum absolute atomic E-state index is 13.2. The molecule has 0 aromatic carbocycles. The number of rotatable bonds is 0. The second-order valence-electron chi connectivity index (χ2n) is 3.24. The Bertz CT molecular complexity index is 438.